The van der Waals surface area contributed by atoms with Crippen molar-refractivity contribution < 1.29 is 0 Å². The lowest BCUT2D eigenvalue weighted by Crippen LogP contribution is -2.27. The van der Waals surface area contributed by atoms with Crippen LogP contribution in [-0.2, 0) is 6.54 Å². The molecular weight excluding hydrogens is 269 g/mol. The second-order valence-corrected chi connectivity index (χ2v) is 4.19. The van der Waals surface area contributed by atoms with Gasteiger partial charge in [-0.15, -0.1) is 24.8 Å². The second kappa shape index (κ2) is 9.18. The van der Waals surface area contributed by atoms with Gasteiger partial charge in [0.2, 0.25) is 0 Å². The summed E-state index contributed by atoms with van der Waals surface area (Å²) in [6.45, 7) is 5.47. The minimum absolute atomic E-state index is 0. The van der Waals surface area contributed by atoms with E-state index >= 15 is 0 Å². The first-order chi connectivity index (χ1) is 7.88. The van der Waals surface area contributed by atoms with Gasteiger partial charge in [0.1, 0.15) is 0 Å². The van der Waals surface area contributed by atoms with Crippen molar-refractivity contribution in [2.75, 3.05) is 26.2 Å². The van der Waals surface area contributed by atoms with Crippen molar-refractivity contribution in [3.05, 3.63) is 35.4 Å². The van der Waals surface area contributed by atoms with Crippen LogP contribution >= 0.6 is 24.8 Å². The molecule has 3 nitrogen and oxygen atoms in total. The third-order valence-electron chi connectivity index (χ3n) is 2.92. The normalized spacial score (nSPS) is 15.7. The Hall–Kier alpha value is -0.790. The number of benzene rings is 1. The summed E-state index contributed by atoms with van der Waals surface area (Å²) in [5.41, 5.74) is 2.03. The van der Waals surface area contributed by atoms with Gasteiger partial charge in [0, 0.05) is 19.6 Å². The molecule has 0 bridgehead atoms. The zero-order valence-electron chi connectivity index (χ0n) is 10.3. The molecule has 1 fully saturated rings. The zero-order chi connectivity index (χ0) is 11.2. The maximum Gasteiger partial charge on any atom is 0.0991 e. The van der Waals surface area contributed by atoms with E-state index in [1.807, 2.05) is 12.1 Å². The number of nitrogens with zero attached hydrogens (tertiary/aromatic N) is 2. The highest BCUT2D eigenvalue weighted by atomic mass is 35.5. The summed E-state index contributed by atoms with van der Waals surface area (Å²) in [5.74, 6) is 0. The van der Waals surface area contributed by atoms with Gasteiger partial charge in [-0.25, -0.2) is 0 Å². The molecule has 1 aliphatic heterocycles. The van der Waals surface area contributed by atoms with Crippen molar-refractivity contribution in [2.45, 2.75) is 13.0 Å². The van der Waals surface area contributed by atoms with Gasteiger partial charge >= 0.3 is 0 Å². The molecule has 0 atom stereocenters. The number of nitrogens with one attached hydrogen (secondary N) is 1. The molecular formula is C13H19Cl2N3. The van der Waals surface area contributed by atoms with Gasteiger partial charge in [-0.1, -0.05) is 12.1 Å². The number of hydrogen-bond donors (Lipinski definition) is 1. The van der Waals surface area contributed by atoms with Crippen LogP contribution in [0, 0.1) is 11.3 Å². The van der Waals surface area contributed by atoms with E-state index in [4.69, 9.17) is 5.26 Å². The summed E-state index contributed by atoms with van der Waals surface area (Å²) in [5, 5.41) is 12.1. The van der Waals surface area contributed by atoms with E-state index < -0.39 is 0 Å². The molecule has 0 unspecified atom stereocenters. The first-order valence-electron chi connectivity index (χ1n) is 5.80. The second-order valence-electron chi connectivity index (χ2n) is 4.19. The highest BCUT2D eigenvalue weighted by molar-refractivity contribution is 5.85. The summed E-state index contributed by atoms with van der Waals surface area (Å²) in [6.07, 6.45) is 1.22. The average Bonchev–Trinajstić information content (AvgIpc) is 2.59. The predicted octanol–water partition coefficient (Wildman–Crippen LogP) is 2.20. The molecule has 100 valence electrons. The van der Waals surface area contributed by atoms with Crippen LogP contribution in [0.3, 0.4) is 0 Å². The molecule has 1 N–H and O–H groups in total. The quantitative estimate of drug-likeness (QED) is 0.906. The van der Waals surface area contributed by atoms with E-state index in [2.05, 4.69) is 28.4 Å². The van der Waals surface area contributed by atoms with E-state index in [0.29, 0.717) is 0 Å². The molecule has 1 heterocycles. The Kier molecular flexibility index (Phi) is 8.78. The van der Waals surface area contributed by atoms with Crippen LogP contribution in [0.2, 0.25) is 0 Å². The monoisotopic (exact) mass is 287 g/mol. The van der Waals surface area contributed by atoms with Crippen LogP contribution in [-0.4, -0.2) is 31.1 Å². The Morgan fingerprint density at radius 1 is 1.11 bits per heavy atom. The molecule has 0 aliphatic carbocycles. The minimum Gasteiger partial charge on any atom is -0.315 e. The molecule has 2 rings (SSSR count). The smallest absolute Gasteiger partial charge is 0.0991 e. The fourth-order valence-electron chi connectivity index (χ4n) is 2.00. The SMILES string of the molecule is Cl.Cl.N#Cc1ccc(CN2CCCNCC2)cc1. The maximum atomic E-state index is 8.72. The van der Waals surface area contributed by atoms with Gasteiger partial charge in [0.15, 0.2) is 0 Å². The van der Waals surface area contributed by atoms with Gasteiger partial charge in [0.05, 0.1) is 11.6 Å². The van der Waals surface area contributed by atoms with Crippen LogP contribution in [0.15, 0.2) is 24.3 Å². The summed E-state index contributed by atoms with van der Waals surface area (Å²) in [4.78, 5) is 2.46. The van der Waals surface area contributed by atoms with E-state index in [0.717, 1.165) is 38.3 Å². The average molecular weight is 288 g/mol. The Morgan fingerprint density at radius 3 is 2.50 bits per heavy atom. The Morgan fingerprint density at radius 2 is 1.83 bits per heavy atom. The molecule has 0 saturated carbocycles. The van der Waals surface area contributed by atoms with Crippen molar-refractivity contribution in [1.82, 2.24) is 10.2 Å². The lowest BCUT2D eigenvalue weighted by molar-refractivity contribution is 0.284. The Balaban J connectivity index is 0.00000144. The molecule has 0 radical (unpaired) electrons. The largest absolute Gasteiger partial charge is 0.315 e. The molecule has 1 aromatic carbocycles. The summed E-state index contributed by atoms with van der Waals surface area (Å²) in [6, 6.07) is 10.0. The van der Waals surface area contributed by atoms with Gasteiger partial charge < -0.3 is 5.32 Å². The lowest BCUT2D eigenvalue weighted by atomic mass is 10.1. The highest BCUT2D eigenvalue weighted by Crippen LogP contribution is 2.08. The zero-order valence-corrected chi connectivity index (χ0v) is 11.9. The first kappa shape index (κ1) is 17.2. The topological polar surface area (TPSA) is 39.1 Å². The molecule has 1 saturated heterocycles. The fourth-order valence-corrected chi connectivity index (χ4v) is 2.00. The summed E-state index contributed by atoms with van der Waals surface area (Å²) < 4.78 is 0. The van der Waals surface area contributed by atoms with Crippen molar-refractivity contribution in [2.24, 2.45) is 0 Å². The number of hydrogen-bond acceptors (Lipinski definition) is 3. The third kappa shape index (κ3) is 5.24. The van der Waals surface area contributed by atoms with Gasteiger partial charge in [-0.05, 0) is 37.2 Å². The molecule has 0 spiro atoms. The standard InChI is InChI=1S/C13H17N3.2ClH/c14-10-12-2-4-13(5-3-12)11-16-8-1-6-15-7-9-16;;/h2-5,15H,1,6-9,11H2;2*1H. The minimum atomic E-state index is 0. The number of rotatable bonds is 2. The number of nitriles is 1. The van der Waals surface area contributed by atoms with Crippen LogP contribution < -0.4 is 5.32 Å². The molecule has 5 heteroatoms. The van der Waals surface area contributed by atoms with Crippen LogP contribution in [0.5, 0.6) is 0 Å². The Bertz CT molecular complexity index is 365. The fraction of sp³-hybridized carbons (Fsp3) is 0.462. The van der Waals surface area contributed by atoms with Crippen LogP contribution in [0.25, 0.3) is 0 Å². The van der Waals surface area contributed by atoms with Crippen molar-refractivity contribution in [3.63, 3.8) is 0 Å². The van der Waals surface area contributed by atoms with Gasteiger partial charge in [0.25, 0.3) is 0 Å². The van der Waals surface area contributed by atoms with Crippen molar-refractivity contribution >= 4 is 24.8 Å². The summed E-state index contributed by atoms with van der Waals surface area (Å²) in [7, 11) is 0. The summed E-state index contributed by atoms with van der Waals surface area (Å²) >= 11 is 0. The first-order valence-corrected chi connectivity index (χ1v) is 5.80. The van der Waals surface area contributed by atoms with Gasteiger partial charge in [-0.3, -0.25) is 4.90 Å². The van der Waals surface area contributed by atoms with Crippen molar-refractivity contribution in [1.29, 1.82) is 5.26 Å². The van der Waals surface area contributed by atoms with Crippen LogP contribution in [0.4, 0.5) is 0 Å². The predicted molar refractivity (Wildman–Crippen MR) is 78.4 cm³/mol. The van der Waals surface area contributed by atoms with E-state index in [-0.39, 0.29) is 24.8 Å². The van der Waals surface area contributed by atoms with E-state index in [1.165, 1.54) is 12.0 Å². The number of halogens is 2. The van der Waals surface area contributed by atoms with E-state index in [9.17, 15) is 0 Å². The third-order valence-corrected chi connectivity index (χ3v) is 2.92. The lowest BCUT2D eigenvalue weighted by Gasteiger charge is -2.19. The molecule has 0 amide bonds. The van der Waals surface area contributed by atoms with Crippen LogP contribution in [0.1, 0.15) is 17.5 Å². The van der Waals surface area contributed by atoms with E-state index in [1.54, 1.807) is 0 Å². The molecule has 1 aliphatic rings. The molecule has 0 aromatic heterocycles. The molecule has 18 heavy (non-hydrogen) atoms. The highest BCUT2D eigenvalue weighted by Gasteiger charge is 2.08. The maximum absolute atomic E-state index is 8.72. The Labute approximate surface area is 121 Å². The van der Waals surface area contributed by atoms with Gasteiger partial charge in [-0.2, -0.15) is 5.26 Å². The van der Waals surface area contributed by atoms with Crippen molar-refractivity contribution in [3.8, 4) is 6.07 Å². The molecule has 1 aromatic rings.